The van der Waals surface area contributed by atoms with E-state index in [1.165, 1.54) is 16.7 Å². The molecule has 0 saturated carbocycles. The molecule has 0 radical (unpaired) electrons. The SMILES string of the molecule is Cc1ccc([C@@H](CNC(=O)c2cc(-c3ccc(C)c(C)c3)on2)N(C)C)cc1. The number of aromatic nitrogens is 1. The van der Waals surface area contributed by atoms with Crippen LogP contribution in [0.25, 0.3) is 11.3 Å². The molecule has 5 heteroatoms. The van der Waals surface area contributed by atoms with Gasteiger partial charge in [-0.05, 0) is 57.6 Å². The molecule has 0 saturated heterocycles. The van der Waals surface area contributed by atoms with E-state index < -0.39 is 0 Å². The number of nitrogens with zero attached hydrogens (tertiary/aromatic N) is 2. The van der Waals surface area contributed by atoms with Gasteiger partial charge >= 0.3 is 0 Å². The molecule has 0 aliphatic heterocycles. The van der Waals surface area contributed by atoms with E-state index in [9.17, 15) is 4.79 Å². The number of hydrogen-bond donors (Lipinski definition) is 1. The fourth-order valence-electron chi connectivity index (χ4n) is 3.08. The largest absolute Gasteiger partial charge is 0.355 e. The van der Waals surface area contributed by atoms with Gasteiger partial charge in [-0.3, -0.25) is 4.79 Å². The zero-order valence-corrected chi connectivity index (χ0v) is 17.1. The summed E-state index contributed by atoms with van der Waals surface area (Å²) in [6.45, 7) is 6.66. The third-order valence-corrected chi connectivity index (χ3v) is 5.08. The lowest BCUT2D eigenvalue weighted by atomic mass is 10.0. The second-order valence-electron chi connectivity index (χ2n) is 7.48. The summed E-state index contributed by atoms with van der Waals surface area (Å²) in [6.07, 6.45) is 0. The monoisotopic (exact) mass is 377 g/mol. The van der Waals surface area contributed by atoms with Crippen LogP contribution in [0.1, 0.15) is 38.8 Å². The summed E-state index contributed by atoms with van der Waals surface area (Å²) in [6, 6.07) is 16.2. The number of carbonyl (C=O) groups is 1. The van der Waals surface area contributed by atoms with E-state index in [2.05, 4.69) is 60.4 Å². The third-order valence-electron chi connectivity index (χ3n) is 5.08. The van der Waals surface area contributed by atoms with E-state index in [0.29, 0.717) is 12.3 Å². The molecular formula is C23H27N3O2. The van der Waals surface area contributed by atoms with Crippen molar-refractivity contribution in [2.45, 2.75) is 26.8 Å². The Labute approximate surface area is 166 Å². The predicted octanol–water partition coefficient (Wildman–Crippen LogP) is 4.30. The van der Waals surface area contributed by atoms with Crippen LogP contribution < -0.4 is 5.32 Å². The summed E-state index contributed by atoms with van der Waals surface area (Å²) in [5, 5.41) is 6.93. The van der Waals surface area contributed by atoms with Gasteiger partial charge in [0, 0.05) is 18.2 Å². The molecule has 1 aromatic heterocycles. The van der Waals surface area contributed by atoms with Gasteiger partial charge in [-0.25, -0.2) is 0 Å². The second kappa shape index (κ2) is 8.40. The summed E-state index contributed by atoms with van der Waals surface area (Å²) in [5.41, 5.74) is 5.97. The van der Waals surface area contributed by atoms with Crippen molar-refractivity contribution >= 4 is 5.91 Å². The molecule has 1 atom stereocenters. The first-order valence-electron chi connectivity index (χ1n) is 9.40. The molecule has 146 valence electrons. The minimum absolute atomic E-state index is 0.0793. The lowest BCUT2D eigenvalue weighted by Crippen LogP contribution is -2.34. The van der Waals surface area contributed by atoms with Crippen LogP contribution in [0.2, 0.25) is 0 Å². The lowest BCUT2D eigenvalue weighted by Gasteiger charge is -2.25. The molecule has 28 heavy (non-hydrogen) atoms. The Bertz CT molecular complexity index is 958. The van der Waals surface area contributed by atoms with Gasteiger partial charge in [0.15, 0.2) is 11.5 Å². The minimum Gasteiger partial charge on any atom is -0.355 e. The molecule has 0 fully saturated rings. The number of nitrogens with one attached hydrogen (secondary N) is 1. The molecule has 0 spiro atoms. The second-order valence-corrected chi connectivity index (χ2v) is 7.48. The van der Waals surface area contributed by atoms with Gasteiger partial charge < -0.3 is 14.7 Å². The van der Waals surface area contributed by atoms with Crippen LogP contribution >= 0.6 is 0 Å². The highest BCUT2D eigenvalue weighted by Gasteiger charge is 2.18. The fourth-order valence-corrected chi connectivity index (χ4v) is 3.08. The van der Waals surface area contributed by atoms with Gasteiger partial charge in [0.1, 0.15) is 0 Å². The standard InChI is InChI=1S/C23H27N3O2/c1-15-6-9-18(10-7-15)21(26(4)5)14-24-23(27)20-13-22(28-25-20)19-11-8-16(2)17(3)12-19/h6-13,21H,14H2,1-5H3,(H,24,27)/t21-/m1/s1. The Morgan fingerprint density at radius 3 is 2.39 bits per heavy atom. The van der Waals surface area contributed by atoms with Crippen LogP contribution in [0.4, 0.5) is 0 Å². The molecule has 0 aliphatic rings. The first kappa shape index (κ1) is 19.8. The number of hydrogen-bond acceptors (Lipinski definition) is 4. The predicted molar refractivity (Wildman–Crippen MR) is 111 cm³/mol. The number of aryl methyl sites for hydroxylation is 3. The van der Waals surface area contributed by atoms with E-state index in [0.717, 1.165) is 11.1 Å². The molecule has 1 amide bonds. The van der Waals surface area contributed by atoms with Gasteiger partial charge in [0.05, 0.1) is 6.04 Å². The summed E-state index contributed by atoms with van der Waals surface area (Å²) in [5.74, 6) is 0.355. The highest BCUT2D eigenvalue weighted by molar-refractivity contribution is 5.93. The maximum absolute atomic E-state index is 12.6. The highest BCUT2D eigenvalue weighted by Crippen LogP contribution is 2.23. The molecule has 3 aromatic rings. The van der Waals surface area contributed by atoms with Crippen molar-refractivity contribution in [3.63, 3.8) is 0 Å². The molecule has 2 aromatic carbocycles. The molecule has 5 nitrogen and oxygen atoms in total. The molecule has 0 aliphatic carbocycles. The number of likely N-dealkylation sites (N-methyl/N-ethyl adjacent to an activating group) is 1. The van der Waals surface area contributed by atoms with Crippen molar-refractivity contribution in [2.75, 3.05) is 20.6 Å². The maximum Gasteiger partial charge on any atom is 0.273 e. The molecule has 0 bridgehead atoms. The summed E-state index contributed by atoms with van der Waals surface area (Å²) < 4.78 is 5.40. The zero-order chi connectivity index (χ0) is 20.3. The molecule has 0 unspecified atom stereocenters. The van der Waals surface area contributed by atoms with Gasteiger partial charge in [-0.2, -0.15) is 0 Å². The Balaban J connectivity index is 1.69. The average molecular weight is 377 g/mol. The first-order valence-corrected chi connectivity index (χ1v) is 9.40. The van der Waals surface area contributed by atoms with E-state index in [1.54, 1.807) is 6.07 Å². The van der Waals surface area contributed by atoms with Crippen LogP contribution in [-0.2, 0) is 0 Å². The smallest absolute Gasteiger partial charge is 0.273 e. The molecular weight excluding hydrogens is 350 g/mol. The summed E-state index contributed by atoms with van der Waals surface area (Å²) >= 11 is 0. The van der Waals surface area contributed by atoms with Crippen molar-refractivity contribution in [2.24, 2.45) is 0 Å². The number of benzene rings is 2. The van der Waals surface area contributed by atoms with Crippen molar-refractivity contribution in [3.05, 3.63) is 76.5 Å². The van der Waals surface area contributed by atoms with Crippen molar-refractivity contribution in [3.8, 4) is 11.3 Å². The van der Waals surface area contributed by atoms with E-state index in [1.807, 2.05) is 32.3 Å². The lowest BCUT2D eigenvalue weighted by molar-refractivity contribution is 0.0933. The first-order chi connectivity index (χ1) is 13.3. The summed E-state index contributed by atoms with van der Waals surface area (Å²) in [4.78, 5) is 14.7. The maximum atomic E-state index is 12.6. The number of amides is 1. The van der Waals surface area contributed by atoms with Crippen LogP contribution in [0.3, 0.4) is 0 Å². The molecule has 1 heterocycles. The van der Waals surface area contributed by atoms with Crippen molar-refractivity contribution < 1.29 is 9.32 Å². The van der Waals surface area contributed by atoms with E-state index >= 15 is 0 Å². The summed E-state index contributed by atoms with van der Waals surface area (Å²) in [7, 11) is 4.01. The van der Waals surface area contributed by atoms with Gasteiger partial charge in [-0.15, -0.1) is 0 Å². The topological polar surface area (TPSA) is 58.4 Å². The average Bonchev–Trinajstić information content (AvgIpc) is 3.15. The molecule has 1 N–H and O–H groups in total. The van der Waals surface area contributed by atoms with E-state index in [-0.39, 0.29) is 17.6 Å². The normalized spacial score (nSPS) is 12.2. The van der Waals surface area contributed by atoms with Crippen LogP contribution in [0.15, 0.2) is 53.1 Å². The third kappa shape index (κ3) is 4.49. The Morgan fingerprint density at radius 1 is 1.04 bits per heavy atom. The van der Waals surface area contributed by atoms with E-state index in [4.69, 9.17) is 4.52 Å². The molecule has 3 rings (SSSR count). The number of rotatable bonds is 6. The Hall–Kier alpha value is -2.92. The number of carbonyl (C=O) groups excluding carboxylic acids is 1. The Morgan fingerprint density at radius 2 is 1.75 bits per heavy atom. The minimum atomic E-state index is -0.238. The van der Waals surface area contributed by atoms with Crippen LogP contribution in [0, 0.1) is 20.8 Å². The van der Waals surface area contributed by atoms with Crippen molar-refractivity contribution in [1.29, 1.82) is 0 Å². The quantitative estimate of drug-likeness (QED) is 0.696. The van der Waals surface area contributed by atoms with Crippen molar-refractivity contribution in [1.82, 2.24) is 15.4 Å². The zero-order valence-electron chi connectivity index (χ0n) is 17.1. The van der Waals surface area contributed by atoms with Crippen LogP contribution in [0.5, 0.6) is 0 Å². The highest BCUT2D eigenvalue weighted by atomic mass is 16.5. The Kier molecular flexibility index (Phi) is 5.95. The van der Waals surface area contributed by atoms with Gasteiger partial charge in [0.2, 0.25) is 0 Å². The van der Waals surface area contributed by atoms with Crippen LogP contribution in [-0.4, -0.2) is 36.6 Å². The van der Waals surface area contributed by atoms with Gasteiger partial charge in [0.25, 0.3) is 5.91 Å². The van der Waals surface area contributed by atoms with Gasteiger partial charge in [-0.1, -0.05) is 47.1 Å². The fraction of sp³-hybridized carbons (Fsp3) is 0.304.